The summed E-state index contributed by atoms with van der Waals surface area (Å²) >= 11 is 0. The molecule has 7 nitrogen and oxygen atoms in total. The molecule has 1 aromatic carbocycles. The van der Waals surface area contributed by atoms with E-state index >= 15 is 0 Å². The summed E-state index contributed by atoms with van der Waals surface area (Å²) < 4.78 is 5.41. The van der Waals surface area contributed by atoms with Crippen LogP contribution in [0, 0.1) is 26.9 Å². The van der Waals surface area contributed by atoms with Crippen LogP contribution in [0.15, 0.2) is 18.2 Å². The minimum absolute atomic E-state index is 0.0540. The maximum Gasteiger partial charge on any atom is 0.270 e. The molecule has 28 heavy (non-hydrogen) atoms. The summed E-state index contributed by atoms with van der Waals surface area (Å²) in [5.74, 6) is 0.409. The maximum absolute atomic E-state index is 13.3. The van der Waals surface area contributed by atoms with Gasteiger partial charge >= 0.3 is 0 Å². The molecule has 1 aromatic rings. The lowest BCUT2D eigenvalue weighted by Gasteiger charge is -2.39. The maximum atomic E-state index is 13.3. The van der Waals surface area contributed by atoms with Crippen molar-refractivity contribution in [3.05, 3.63) is 33.9 Å². The zero-order valence-electron chi connectivity index (χ0n) is 16.9. The highest BCUT2D eigenvalue weighted by Gasteiger charge is 2.61. The second-order valence-electron chi connectivity index (χ2n) is 9.19. The normalized spacial score (nSPS) is 31.0. The van der Waals surface area contributed by atoms with Gasteiger partial charge in [0.05, 0.1) is 29.4 Å². The standard InChI is InChI=1S/C21H29N3O4/c1-20(2)14-6-7-21(20,3)18(12-14)22-19(25)16-13-15(24(26)27)4-5-17(16)23-8-10-28-11-9-23/h4-5,13-14,18H,6-12H2,1-3H3,(H,22,25)/t14-,18-,21+/m1/s1. The molecule has 1 amide bonds. The number of nitrogens with zero attached hydrogens (tertiary/aromatic N) is 2. The van der Waals surface area contributed by atoms with Crippen LogP contribution in [0.1, 0.15) is 50.4 Å². The summed E-state index contributed by atoms with van der Waals surface area (Å²) in [5, 5.41) is 14.5. The van der Waals surface area contributed by atoms with E-state index < -0.39 is 4.92 Å². The molecular formula is C21H29N3O4. The zero-order chi connectivity index (χ0) is 20.1. The van der Waals surface area contributed by atoms with Crippen molar-refractivity contribution in [2.75, 3.05) is 31.2 Å². The van der Waals surface area contributed by atoms with Gasteiger partial charge < -0.3 is 15.0 Å². The first-order valence-electron chi connectivity index (χ1n) is 10.2. The first kappa shape index (κ1) is 19.2. The van der Waals surface area contributed by atoms with Gasteiger partial charge in [-0.05, 0) is 42.1 Å². The number of nitrogens with one attached hydrogen (secondary N) is 1. The fourth-order valence-corrected chi connectivity index (χ4v) is 5.56. The van der Waals surface area contributed by atoms with Crippen LogP contribution in [-0.2, 0) is 4.74 Å². The van der Waals surface area contributed by atoms with E-state index in [1.807, 2.05) is 0 Å². The monoisotopic (exact) mass is 387 g/mol. The third kappa shape index (κ3) is 2.87. The van der Waals surface area contributed by atoms with E-state index in [0.29, 0.717) is 37.8 Å². The summed E-state index contributed by atoms with van der Waals surface area (Å²) in [6.45, 7) is 9.43. The van der Waals surface area contributed by atoms with Crippen LogP contribution >= 0.6 is 0 Å². The van der Waals surface area contributed by atoms with E-state index in [1.54, 1.807) is 6.07 Å². The Morgan fingerprint density at radius 2 is 2.00 bits per heavy atom. The summed E-state index contributed by atoms with van der Waals surface area (Å²) in [5.41, 5.74) is 1.34. The van der Waals surface area contributed by atoms with E-state index in [0.717, 1.165) is 18.5 Å². The summed E-state index contributed by atoms with van der Waals surface area (Å²) in [6, 6.07) is 4.69. The number of carbonyl (C=O) groups excluding carboxylic acids is 1. The lowest BCUT2D eigenvalue weighted by molar-refractivity contribution is -0.384. The smallest absolute Gasteiger partial charge is 0.270 e. The molecule has 0 unspecified atom stereocenters. The molecule has 2 saturated carbocycles. The molecule has 1 N–H and O–H groups in total. The Hall–Kier alpha value is -2.15. The number of rotatable bonds is 4. The number of fused-ring (bicyclic) bond motifs is 2. The molecule has 1 heterocycles. The van der Waals surface area contributed by atoms with Crippen molar-refractivity contribution >= 4 is 17.3 Å². The Kier molecular flexibility index (Phi) is 4.61. The molecule has 4 rings (SSSR count). The van der Waals surface area contributed by atoms with Gasteiger partial charge in [0.1, 0.15) is 0 Å². The molecule has 7 heteroatoms. The van der Waals surface area contributed by atoms with E-state index in [-0.39, 0.29) is 28.5 Å². The quantitative estimate of drug-likeness (QED) is 0.632. The zero-order valence-corrected chi connectivity index (χ0v) is 16.9. The predicted molar refractivity (Wildman–Crippen MR) is 107 cm³/mol. The SMILES string of the molecule is CC1(C)[C@@H]2CC[C@@]1(C)[C@H](NC(=O)c1cc([N+](=O)[O-])ccc1N1CCOCC1)C2. The topological polar surface area (TPSA) is 84.7 Å². The van der Waals surface area contributed by atoms with Crippen LogP contribution in [0.2, 0.25) is 0 Å². The van der Waals surface area contributed by atoms with Crippen molar-refractivity contribution in [1.29, 1.82) is 0 Å². The van der Waals surface area contributed by atoms with Crippen LogP contribution in [-0.4, -0.2) is 43.2 Å². The minimum Gasteiger partial charge on any atom is -0.378 e. The lowest BCUT2D eigenvalue weighted by atomic mass is 9.69. The molecule has 0 aromatic heterocycles. The van der Waals surface area contributed by atoms with E-state index in [1.165, 1.54) is 18.6 Å². The summed E-state index contributed by atoms with van der Waals surface area (Å²) in [4.78, 5) is 26.2. The molecular weight excluding hydrogens is 358 g/mol. The van der Waals surface area contributed by atoms with Gasteiger partial charge in [0.25, 0.3) is 11.6 Å². The Bertz CT molecular complexity index is 803. The summed E-state index contributed by atoms with van der Waals surface area (Å²) in [7, 11) is 0. The van der Waals surface area contributed by atoms with Gasteiger partial charge in [0, 0.05) is 31.3 Å². The number of ether oxygens (including phenoxy) is 1. The van der Waals surface area contributed by atoms with Crippen LogP contribution in [0.4, 0.5) is 11.4 Å². The number of benzene rings is 1. The van der Waals surface area contributed by atoms with E-state index in [2.05, 4.69) is 31.0 Å². The van der Waals surface area contributed by atoms with Gasteiger partial charge in [0.2, 0.25) is 0 Å². The second kappa shape index (κ2) is 6.72. The van der Waals surface area contributed by atoms with Gasteiger partial charge in [0.15, 0.2) is 0 Å². The molecule has 1 aliphatic heterocycles. The van der Waals surface area contributed by atoms with Gasteiger partial charge in [-0.3, -0.25) is 14.9 Å². The van der Waals surface area contributed by atoms with Crippen molar-refractivity contribution in [1.82, 2.24) is 5.32 Å². The fraction of sp³-hybridized carbons (Fsp3) is 0.667. The van der Waals surface area contributed by atoms with Gasteiger partial charge in [-0.1, -0.05) is 20.8 Å². The molecule has 1 saturated heterocycles. The number of anilines is 1. The molecule has 2 bridgehead atoms. The van der Waals surface area contributed by atoms with Crippen molar-refractivity contribution in [2.24, 2.45) is 16.7 Å². The fourth-order valence-electron chi connectivity index (χ4n) is 5.56. The number of morpholine rings is 1. The van der Waals surface area contributed by atoms with Gasteiger partial charge in [-0.2, -0.15) is 0 Å². The molecule has 2 aliphatic carbocycles. The minimum atomic E-state index is -0.443. The molecule has 0 radical (unpaired) electrons. The van der Waals surface area contributed by atoms with Crippen molar-refractivity contribution < 1.29 is 14.5 Å². The number of nitro benzene ring substituents is 1. The van der Waals surface area contributed by atoms with Crippen molar-refractivity contribution in [3.63, 3.8) is 0 Å². The van der Waals surface area contributed by atoms with Crippen molar-refractivity contribution in [2.45, 2.75) is 46.1 Å². The lowest BCUT2D eigenvalue weighted by Crippen LogP contribution is -2.47. The van der Waals surface area contributed by atoms with Gasteiger partial charge in [-0.15, -0.1) is 0 Å². The average Bonchev–Trinajstić information content (AvgIpc) is 3.01. The highest BCUT2D eigenvalue weighted by molar-refractivity contribution is 6.00. The Labute approximate surface area is 165 Å². The van der Waals surface area contributed by atoms with Crippen LogP contribution in [0.5, 0.6) is 0 Å². The largest absolute Gasteiger partial charge is 0.378 e. The van der Waals surface area contributed by atoms with Crippen LogP contribution < -0.4 is 10.2 Å². The number of amides is 1. The Morgan fingerprint density at radius 3 is 2.57 bits per heavy atom. The summed E-state index contributed by atoms with van der Waals surface area (Å²) in [6.07, 6.45) is 3.31. The first-order chi connectivity index (χ1) is 13.2. The first-order valence-corrected chi connectivity index (χ1v) is 10.2. The van der Waals surface area contributed by atoms with E-state index in [9.17, 15) is 14.9 Å². The predicted octanol–water partition coefficient (Wildman–Crippen LogP) is 3.38. The Morgan fingerprint density at radius 1 is 1.29 bits per heavy atom. The average molecular weight is 387 g/mol. The number of non-ortho nitro benzene ring substituents is 1. The Balaban J connectivity index is 1.63. The molecule has 3 atom stereocenters. The van der Waals surface area contributed by atoms with Crippen LogP contribution in [0.25, 0.3) is 0 Å². The number of nitro groups is 1. The number of carbonyl (C=O) groups is 1. The van der Waals surface area contributed by atoms with E-state index in [4.69, 9.17) is 4.74 Å². The number of hydrogen-bond acceptors (Lipinski definition) is 5. The third-order valence-corrected chi connectivity index (χ3v) is 7.89. The highest BCUT2D eigenvalue weighted by Crippen LogP contribution is 2.65. The highest BCUT2D eigenvalue weighted by atomic mass is 16.6. The van der Waals surface area contributed by atoms with Crippen molar-refractivity contribution in [3.8, 4) is 0 Å². The van der Waals surface area contributed by atoms with Gasteiger partial charge in [-0.25, -0.2) is 0 Å². The number of hydrogen-bond donors (Lipinski definition) is 1. The molecule has 152 valence electrons. The third-order valence-electron chi connectivity index (χ3n) is 7.89. The molecule has 3 aliphatic rings. The molecule has 0 spiro atoms. The second-order valence-corrected chi connectivity index (χ2v) is 9.19. The van der Waals surface area contributed by atoms with Crippen LogP contribution in [0.3, 0.4) is 0 Å². The molecule has 3 fully saturated rings.